The molecule has 1 aliphatic carbocycles. The number of ether oxygens (including phenoxy) is 1. The second-order valence-electron chi connectivity index (χ2n) is 6.68. The quantitative estimate of drug-likeness (QED) is 0.913. The molecule has 2 aromatic carbocycles. The number of hydrogen-bond acceptors (Lipinski definition) is 2. The number of benzene rings is 2. The highest BCUT2D eigenvalue weighted by Gasteiger charge is 2.24. The maximum atomic E-state index is 12.6. The Hall–Kier alpha value is -2.29. The molecule has 0 spiro atoms. The summed E-state index contributed by atoms with van der Waals surface area (Å²) in [6.07, 6.45) is 2.67. The van der Waals surface area contributed by atoms with E-state index < -0.39 is 6.10 Å². The Balaban J connectivity index is 1.67. The molecule has 0 saturated carbocycles. The molecule has 3 rings (SSSR count). The highest BCUT2D eigenvalue weighted by molar-refractivity contribution is 5.81. The molecular formula is C21H25NO2. The number of fused-ring (bicyclic) bond motifs is 1. The molecule has 1 amide bonds. The van der Waals surface area contributed by atoms with Gasteiger partial charge in [-0.1, -0.05) is 42.0 Å². The van der Waals surface area contributed by atoms with Gasteiger partial charge in [-0.3, -0.25) is 4.79 Å². The van der Waals surface area contributed by atoms with Crippen LogP contribution in [-0.4, -0.2) is 12.0 Å². The van der Waals surface area contributed by atoms with Gasteiger partial charge in [0.05, 0.1) is 6.04 Å². The standard InChI is InChI=1S/C21H25NO2/c1-14-11-12-20(15(2)13-14)24-16(3)21(23)22-19-10-6-8-17-7-4-5-9-18(17)19/h4-5,7,9,11-13,16,19H,6,8,10H2,1-3H3,(H,22,23). The van der Waals surface area contributed by atoms with Crippen LogP contribution in [0, 0.1) is 13.8 Å². The lowest BCUT2D eigenvalue weighted by atomic mass is 9.87. The zero-order chi connectivity index (χ0) is 17.1. The zero-order valence-electron chi connectivity index (χ0n) is 14.6. The van der Waals surface area contributed by atoms with Crippen LogP contribution in [0.15, 0.2) is 42.5 Å². The van der Waals surface area contributed by atoms with Gasteiger partial charge in [0.25, 0.3) is 5.91 Å². The SMILES string of the molecule is Cc1ccc(OC(C)C(=O)NC2CCCc3ccccc32)c(C)c1. The van der Waals surface area contributed by atoms with Crippen LogP contribution in [0.4, 0.5) is 0 Å². The molecule has 2 aromatic rings. The zero-order valence-corrected chi connectivity index (χ0v) is 14.6. The summed E-state index contributed by atoms with van der Waals surface area (Å²) in [6, 6.07) is 14.5. The van der Waals surface area contributed by atoms with E-state index in [4.69, 9.17) is 4.74 Å². The highest BCUT2D eigenvalue weighted by Crippen LogP contribution is 2.29. The van der Waals surface area contributed by atoms with Crippen LogP contribution in [0.5, 0.6) is 5.75 Å². The van der Waals surface area contributed by atoms with E-state index in [1.54, 1.807) is 0 Å². The Morgan fingerprint density at radius 3 is 2.79 bits per heavy atom. The van der Waals surface area contributed by atoms with Gasteiger partial charge >= 0.3 is 0 Å². The van der Waals surface area contributed by atoms with Crippen LogP contribution in [0.2, 0.25) is 0 Å². The first-order chi connectivity index (χ1) is 11.5. The first kappa shape index (κ1) is 16.6. The molecule has 3 heteroatoms. The molecule has 2 atom stereocenters. The molecule has 0 fully saturated rings. The van der Waals surface area contributed by atoms with Gasteiger partial charge in [0.15, 0.2) is 6.10 Å². The van der Waals surface area contributed by atoms with Crippen LogP contribution in [0.3, 0.4) is 0 Å². The molecule has 0 heterocycles. The van der Waals surface area contributed by atoms with Crippen LogP contribution < -0.4 is 10.1 Å². The molecule has 1 N–H and O–H groups in total. The third kappa shape index (κ3) is 3.61. The van der Waals surface area contributed by atoms with Crippen molar-refractivity contribution < 1.29 is 9.53 Å². The Kier molecular flexibility index (Phi) is 4.89. The molecule has 3 nitrogen and oxygen atoms in total. The fourth-order valence-corrected chi connectivity index (χ4v) is 3.37. The lowest BCUT2D eigenvalue weighted by Gasteiger charge is -2.27. The lowest BCUT2D eigenvalue weighted by molar-refractivity contribution is -0.128. The van der Waals surface area contributed by atoms with Crippen molar-refractivity contribution in [3.8, 4) is 5.75 Å². The van der Waals surface area contributed by atoms with Gasteiger partial charge in [-0.25, -0.2) is 0 Å². The Morgan fingerprint density at radius 2 is 2.00 bits per heavy atom. The van der Waals surface area contributed by atoms with Crippen molar-refractivity contribution in [3.63, 3.8) is 0 Å². The summed E-state index contributed by atoms with van der Waals surface area (Å²) >= 11 is 0. The average molecular weight is 323 g/mol. The average Bonchev–Trinajstić information content (AvgIpc) is 2.57. The Bertz CT molecular complexity index is 738. The number of amides is 1. The van der Waals surface area contributed by atoms with Crippen LogP contribution >= 0.6 is 0 Å². The number of carbonyl (C=O) groups is 1. The number of carbonyl (C=O) groups excluding carboxylic acids is 1. The van der Waals surface area contributed by atoms with E-state index >= 15 is 0 Å². The molecule has 0 aliphatic heterocycles. The third-order valence-electron chi connectivity index (χ3n) is 4.69. The van der Waals surface area contributed by atoms with Crippen molar-refractivity contribution >= 4 is 5.91 Å². The Morgan fingerprint density at radius 1 is 1.21 bits per heavy atom. The molecule has 24 heavy (non-hydrogen) atoms. The Labute approximate surface area is 144 Å². The van der Waals surface area contributed by atoms with Gasteiger partial charge in [0.1, 0.15) is 5.75 Å². The summed E-state index contributed by atoms with van der Waals surface area (Å²) in [6.45, 7) is 5.86. The number of hydrogen-bond donors (Lipinski definition) is 1. The molecule has 0 radical (unpaired) electrons. The van der Waals surface area contributed by atoms with Gasteiger partial charge in [-0.05, 0) is 62.8 Å². The number of nitrogens with one attached hydrogen (secondary N) is 1. The minimum Gasteiger partial charge on any atom is -0.481 e. The lowest BCUT2D eigenvalue weighted by Crippen LogP contribution is -2.39. The van der Waals surface area contributed by atoms with E-state index in [0.717, 1.165) is 30.6 Å². The van der Waals surface area contributed by atoms with Gasteiger partial charge in [0, 0.05) is 0 Å². The monoisotopic (exact) mass is 323 g/mol. The fourth-order valence-electron chi connectivity index (χ4n) is 3.37. The van der Waals surface area contributed by atoms with Crippen LogP contribution in [0.25, 0.3) is 0 Å². The minimum absolute atomic E-state index is 0.0586. The molecular weight excluding hydrogens is 298 g/mol. The van der Waals surface area contributed by atoms with Crippen LogP contribution in [-0.2, 0) is 11.2 Å². The van der Waals surface area contributed by atoms with Gasteiger partial charge in [0.2, 0.25) is 0 Å². The van der Waals surface area contributed by atoms with E-state index in [2.05, 4.69) is 29.6 Å². The van der Waals surface area contributed by atoms with Crippen molar-refractivity contribution in [1.29, 1.82) is 0 Å². The van der Waals surface area contributed by atoms with Crippen LogP contribution in [0.1, 0.15) is 48.1 Å². The first-order valence-electron chi connectivity index (χ1n) is 8.66. The van der Waals surface area contributed by atoms with E-state index in [1.807, 2.05) is 39.0 Å². The molecule has 0 bridgehead atoms. The summed E-state index contributed by atoms with van der Waals surface area (Å²) in [5.41, 5.74) is 4.83. The molecule has 126 valence electrons. The number of rotatable bonds is 4. The van der Waals surface area contributed by atoms with E-state index in [1.165, 1.54) is 16.7 Å². The maximum absolute atomic E-state index is 12.6. The van der Waals surface area contributed by atoms with E-state index in [9.17, 15) is 4.79 Å². The molecule has 0 saturated heterocycles. The fraction of sp³-hybridized carbons (Fsp3) is 0.381. The first-order valence-corrected chi connectivity index (χ1v) is 8.66. The van der Waals surface area contributed by atoms with Crippen molar-refractivity contribution in [2.75, 3.05) is 0 Å². The highest BCUT2D eigenvalue weighted by atomic mass is 16.5. The van der Waals surface area contributed by atoms with E-state index in [0.29, 0.717) is 0 Å². The van der Waals surface area contributed by atoms with Crippen molar-refractivity contribution in [3.05, 3.63) is 64.7 Å². The molecule has 1 aliphatic rings. The van der Waals surface area contributed by atoms with E-state index in [-0.39, 0.29) is 11.9 Å². The van der Waals surface area contributed by atoms with Gasteiger partial charge in [-0.2, -0.15) is 0 Å². The third-order valence-corrected chi connectivity index (χ3v) is 4.69. The summed E-state index contributed by atoms with van der Waals surface area (Å²) in [5.74, 6) is 0.712. The maximum Gasteiger partial charge on any atom is 0.261 e. The van der Waals surface area contributed by atoms with Gasteiger partial charge in [-0.15, -0.1) is 0 Å². The summed E-state index contributed by atoms with van der Waals surface area (Å²) < 4.78 is 5.88. The normalized spacial score (nSPS) is 17.7. The summed E-state index contributed by atoms with van der Waals surface area (Å²) in [5, 5.41) is 3.16. The van der Waals surface area contributed by atoms with Gasteiger partial charge < -0.3 is 10.1 Å². The predicted molar refractivity (Wildman–Crippen MR) is 96.3 cm³/mol. The van der Waals surface area contributed by atoms with Crippen molar-refractivity contribution in [2.24, 2.45) is 0 Å². The number of aryl methyl sites for hydroxylation is 3. The second kappa shape index (κ2) is 7.08. The predicted octanol–water partition coefficient (Wildman–Crippen LogP) is 4.26. The van der Waals surface area contributed by atoms with Crippen molar-refractivity contribution in [2.45, 2.75) is 52.2 Å². The molecule has 0 aromatic heterocycles. The summed E-state index contributed by atoms with van der Waals surface area (Å²) in [4.78, 5) is 12.6. The topological polar surface area (TPSA) is 38.3 Å². The summed E-state index contributed by atoms with van der Waals surface area (Å²) in [7, 11) is 0. The van der Waals surface area contributed by atoms with Crippen molar-refractivity contribution in [1.82, 2.24) is 5.32 Å². The molecule has 2 unspecified atom stereocenters. The minimum atomic E-state index is -0.513. The largest absolute Gasteiger partial charge is 0.481 e. The smallest absolute Gasteiger partial charge is 0.261 e. The second-order valence-corrected chi connectivity index (χ2v) is 6.68.